The van der Waals surface area contributed by atoms with E-state index in [0.29, 0.717) is 13.0 Å². The first-order chi connectivity index (χ1) is 8.40. The van der Waals surface area contributed by atoms with E-state index in [-0.39, 0.29) is 22.6 Å². The predicted molar refractivity (Wildman–Crippen MR) is 67.0 cm³/mol. The van der Waals surface area contributed by atoms with Crippen molar-refractivity contribution in [3.05, 3.63) is 29.3 Å². The summed E-state index contributed by atoms with van der Waals surface area (Å²) < 4.78 is 26.3. The van der Waals surface area contributed by atoms with Crippen LogP contribution in [0, 0.1) is 6.92 Å². The second kappa shape index (κ2) is 5.94. The lowest BCUT2D eigenvalue weighted by Crippen LogP contribution is -2.27. The molecule has 1 rings (SSSR count). The van der Waals surface area contributed by atoms with Crippen molar-refractivity contribution >= 4 is 16.0 Å². The number of rotatable bonds is 6. The fraction of sp³-hybridized carbons (Fsp3) is 0.364. The van der Waals surface area contributed by atoms with E-state index in [9.17, 15) is 13.2 Å². The smallest absolute Gasteiger partial charge is 0.335 e. The van der Waals surface area contributed by atoms with Gasteiger partial charge in [-0.15, -0.1) is 0 Å². The molecule has 0 unspecified atom stereocenters. The Bertz CT molecular complexity index is 540. The first kappa shape index (κ1) is 14.6. The zero-order valence-corrected chi connectivity index (χ0v) is 10.8. The molecule has 18 heavy (non-hydrogen) atoms. The number of nitrogens with one attached hydrogen (secondary N) is 1. The zero-order chi connectivity index (χ0) is 13.8. The Morgan fingerprint density at radius 2 is 2.11 bits per heavy atom. The molecule has 4 N–H and O–H groups in total. The third kappa shape index (κ3) is 3.28. The van der Waals surface area contributed by atoms with Gasteiger partial charge in [0.1, 0.15) is 0 Å². The van der Waals surface area contributed by atoms with Crippen LogP contribution in [0.3, 0.4) is 0 Å². The third-order valence-electron chi connectivity index (χ3n) is 2.48. The van der Waals surface area contributed by atoms with Crippen LogP contribution in [0.25, 0.3) is 0 Å². The van der Waals surface area contributed by atoms with Crippen LogP contribution in [0.4, 0.5) is 0 Å². The number of aromatic carboxylic acids is 1. The van der Waals surface area contributed by atoms with Gasteiger partial charge in [0.15, 0.2) is 0 Å². The van der Waals surface area contributed by atoms with Gasteiger partial charge in [-0.25, -0.2) is 17.9 Å². The molecule has 7 heteroatoms. The van der Waals surface area contributed by atoms with Crippen molar-refractivity contribution in [3.63, 3.8) is 0 Å². The molecule has 0 saturated heterocycles. The Hall–Kier alpha value is -1.44. The van der Waals surface area contributed by atoms with Crippen LogP contribution in [-0.4, -0.2) is 32.6 Å². The van der Waals surface area contributed by atoms with E-state index in [1.807, 2.05) is 0 Å². The average molecular weight is 272 g/mol. The highest BCUT2D eigenvalue weighted by Gasteiger charge is 2.19. The van der Waals surface area contributed by atoms with Gasteiger partial charge < -0.3 is 10.8 Å². The van der Waals surface area contributed by atoms with Gasteiger partial charge in [-0.1, -0.05) is 6.07 Å². The van der Waals surface area contributed by atoms with E-state index in [1.165, 1.54) is 25.1 Å². The third-order valence-corrected chi connectivity index (χ3v) is 4.08. The monoisotopic (exact) mass is 272 g/mol. The summed E-state index contributed by atoms with van der Waals surface area (Å²) >= 11 is 0. The van der Waals surface area contributed by atoms with E-state index in [4.69, 9.17) is 10.8 Å². The Labute approximate surface area is 106 Å². The summed E-state index contributed by atoms with van der Waals surface area (Å²) in [6.07, 6.45) is 0.525. The summed E-state index contributed by atoms with van der Waals surface area (Å²) in [5, 5.41) is 8.94. The fourth-order valence-electron chi connectivity index (χ4n) is 1.52. The minimum absolute atomic E-state index is 0.0144. The molecule has 0 saturated carbocycles. The van der Waals surface area contributed by atoms with E-state index in [0.717, 1.165) is 0 Å². The second-order valence-electron chi connectivity index (χ2n) is 3.77. The molecule has 0 bridgehead atoms. The van der Waals surface area contributed by atoms with Gasteiger partial charge in [-0.2, -0.15) is 0 Å². The second-order valence-corrected chi connectivity index (χ2v) is 5.51. The molecule has 0 radical (unpaired) electrons. The maximum Gasteiger partial charge on any atom is 0.335 e. The largest absolute Gasteiger partial charge is 0.478 e. The predicted octanol–water partition coefficient (Wildman–Crippen LogP) is 0.320. The van der Waals surface area contributed by atoms with Gasteiger partial charge in [0.2, 0.25) is 10.0 Å². The topological polar surface area (TPSA) is 109 Å². The van der Waals surface area contributed by atoms with Crippen LogP contribution in [-0.2, 0) is 10.0 Å². The van der Waals surface area contributed by atoms with Crippen molar-refractivity contribution in [2.24, 2.45) is 5.73 Å². The normalized spacial score (nSPS) is 11.4. The molecule has 1 aromatic carbocycles. The van der Waals surface area contributed by atoms with Crippen LogP contribution in [0.5, 0.6) is 0 Å². The van der Waals surface area contributed by atoms with E-state index in [1.54, 1.807) is 0 Å². The first-order valence-corrected chi connectivity index (χ1v) is 6.91. The number of hydrogen-bond acceptors (Lipinski definition) is 4. The lowest BCUT2D eigenvalue weighted by atomic mass is 10.1. The Balaban J connectivity index is 3.09. The molecule has 0 heterocycles. The van der Waals surface area contributed by atoms with Crippen molar-refractivity contribution in [2.75, 3.05) is 13.1 Å². The Morgan fingerprint density at radius 1 is 1.44 bits per heavy atom. The quantitative estimate of drug-likeness (QED) is 0.646. The van der Waals surface area contributed by atoms with Gasteiger partial charge in [0.05, 0.1) is 10.5 Å². The minimum atomic E-state index is -3.69. The molecule has 1 aromatic rings. The highest BCUT2D eigenvalue weighted by Crippen LogP contribution is 2.18. The van der Waals surface area contributed by atoms with Crippen LogP contribution >= 0.6 is 0 Å². The molecule has 0 aliphatic rings. The fourth-order valence-corrected chi connectivity index (χ4v) is 2.86. The summed E-state index contributed by atoms with van der Waals surface area (Å²) in [5.74, 6) is -1.15. The van der Waals surface area contributed by atoms with Crippen molar-refractivity contribution in [1.82, 2.24) is 4.72 Å². The molecule has 0 aliphatic carbocycles. The van der Waals surface area contributed by atoms with E-state index < -0.39 is 16.0 Å². The summed E-state index contributed by atoms with van der Waals surface area (Å²) in [6.45, 7) is 2.09. The lowest BCUT2D eigenvalue weighted by molar-refractivity contribution is 0.0696. The SMILES string of the molecule is Cc1c(C(=O)O)cccc1S(=O)(=O)NCCCN. The average Bonchev–Trinajstić information content (AvgIpc) is 2.28. The van der Waals surface area contributed by atoms with Gasteiger partial charge in [0, 0.05) is 6.54 Å². The molecule has 0 atom stereocenters. The minimum Gasteiger partial charge on any atom is -0.478 e. The highest BCUT2D eigenvalue weighted by molar-refractivity contribution is 7.89. The summed E-state index contributed by atoms with van der Waals surface area (Å²) in [7, 11) is -3.69. The van der Waals surface area contributed by atoms with E-state index >= 15 is 0 Å². The van der Waals surface area contributed by atoms with Crippen molar-refractivity contribution in [2.45, 2.75) is 18.2 Å². The highest BCUT2D eigenvalue weighted by atomic mass is 32.2. The summed E-state index contributed by atoms with van der Waals surface area (Å²) in [6, 6.07) is 4.16. The molecule has 6 nitrogen and oxygen atoms in total. The molecule has 0 fully saturated rings. The van der Waals surface area contributed by atoms with Crippen molar-refractivity contribution < 1.29 is 18.3 Å². The lowest BCUT2D eigenvalue weighted by Gasteiger charge is -2.10. The molecular formula is C11H16N2O4S. The van der Waals surface area contributed by atoms with Crippen molar-refractivity contribution in [3.8, 4) is 0 Å². The van der Waals surface area contributed by atoms with Gasteiger partial charge in [-0.3, -0.25) is 0 Å². The Morgan fingerprint density at radius 3 is 2.67 bits per heavy atom. The molecule has 0 spiro atoms. The molecule has 100 valence electrons. The number of carboxylic acid groups (broad SMARTS) is 1. The number of carboxylic acids is 1. The van der Waals surface area contributed by atoms with Crippen LogP contribution in [0.1, 0.15) is 22.3 Å². The number of sulfonamides is 1. The molecular weight excluding hydrogens is 256 g/mol. The van der Waals surface area contributed by atoms with Crippen LogP contribution in [0.2, 0.25) is 0 Å². The molecule has 0 aromatic heterocycles. The van der Waals surface area contributed by atoms with Gasteiger partial charge in [-0.05, 0) is 37.6 Å². The first-order valence-electron chi connectivity index (χ1n) is 5.43. The maximum atomic E-state index is 12.0. The van der Waals surface area contributed by atoms with E-state index in [2.05, 4.69) is 4.72 Å². The molecule has 0 amide bonds. The number of carbonyl (C=O) groups is 1. The summed E-state index contributed by atoms with van der Waals surface area (Å²) in [4.78, 5) is 10.9. The zero-order valence-electron chi connectivity index (χ0n) is 10.0. The summed E-state index contributed by atoms with van der Waals surface area (Å²) in [5.41, 5.74) is 5.49. The van der Waals surface area contributed by atoms with Crippen LogP contribution in [0.15, 0.2) is 23.1 Å². The van der Waals surface area contributed by atoms with Gasteiger partial charge >= 0.3 is 5.97 Å². The number of benzene rings is 1. The number of hydrogen-bond donors (Lipinski definition) is 3. The van der Waals surface area contributed by atoms with Gasteiger partial charge in [0.25, 0.3) is 0 Å². The maximum absolute atomic E-state index is 12.0. The van der Waals surface area contributed by atoms with Crippen LogP contribution < -0.4 is 10.5 Å². The molecule has 0 aliphatic heterocycles. The van der Waals surface area contributed by atoms with Crippen molar-refractivity contribution in [1.29, 1.82) is 0 Å². The standard InChI is InChI=1S/C11H16N2O4S/c1-8-9(11(14)15)4-2-5-10(8)18(16,17)13-7-3-6-12/h2,4-5,13H,3,6-7,12H2,1H3,(H,14,15). The Kier molecular flexibility index (Phi) is 4.83. The number of nitrogens with two attached hydrogens (primary N) is 1.